The number of halogens is 3. The standard InChI is InChI=1S/C19H22F3N5O2/c1-10-5-15-14(7-24-10)17-18(29)26(8-13(9-28)27(17)25-15)11(2)12-3-4-23-16(6-12)19(20,21)22/h3-4,6,10-11,13,24,28H,5,7-9H2,1-2H3/t10-,11?,13+/m1/s1. The second-order valence-corrected chi connectivity index (χ2v) is 7.65. The molecule has 0 bridgehead atoms. The Kier molecular flexibility index (Phi) is 4.86. The summed E-state index contributed by atoms with van der Waals surface area (Å²) < 4.78 is 40.7. The smallest absolute Gasteiger partial charge is 0.394 e. The second kappa shape index (κ2) is 7.10. The van der Waals surface area contributed by atoms with Gasteiger partial charge in [0, 0.05) is 37.3 Å². The molecule has 2 aromatic rings. The molecule has 29 heavy (non-hydrogen) atoms. The van der Waals surface area contributed by atoms with Gasteiger partial charge in [-0.1, -0.05) is 0 Å². The predicted molar refractivity (Wildman–Crippen MR) is 97.0 cm³/mol. The number of nitrogens with one attached hydrogen (secondary N) is 1. The first kappa shape index (κ1) is 19.8. The summed E-state index contributed by atoms with van der Waals surface area (Å²) in [5.74, 6) is -0.294. The summed E-state index contributed by atoms with van der Waals surface area (Å²) in [6, 6.07) is 1.61. The first-order valence-electron chi connectivity index (χ1n) is 9.49. The Balaban J connectivity index is 1.71. The van der Waals surface area contributed by atoms with Gasteiger partial charge in [-0.25, -0.2) is 0 Å². The van der Waals surface area contributed by atoms with Crippen LogP contribution in [0.4, 0.5) is 13.2 Å². The van der Waals surface area contributed by atoms with Crippen molar-refractivity contribution in [3.63, 3.8) is 0 Å². The SMILES string of the molecule is CC(c1ccnc(C(F)(F)F)c1)N1C[C@@H](CO)n2nc3c(c2C1=O)CN[C@H](C)C3. The summed E-state index contributed by atoms with van der Waals surface area (Å²) in [5, 5.41) is 17.8. The van der Waals surface area contributed by atoms with Crippen LogP contribution in [-0.2, 0) is 19.1 Å². The molecule has 4 rings (SSSR count). The number of hydrogen-bond donors (Lipinski definition) is 2. The van der Waals surface area contributed by atoms with E-state index >= 15 is 0 Å². The molecule has 2 aromatic heterocycles. The zero-order chi connectivity index (χ0) is 20.9. The van der Waals surface area contributed by atoms with E-state index in [0.29, 0.717) is 24.2 Å². The predicted octanol–water partition coefficient (Wildman–Crippen LogP) is 2.08. The fourth-order valence-electron chi connectivity index (χ4n) is 4.03. The van der Waals surface area contributed by atoms with E-state index in [9.17, 15) is 23.1 Å². The molecule has 0 aromatic carbocycles. The summed E-state index contributed by atoms with van der Waals surface area (Å²) >= 11 is 0. The van der Waals surface area contributed by atoms with E-state index in [2.05, 4.69) is 15.4 Å². The summed E-state index contributed by atoms with van der Waals surface area (Å²) in [6.07, 6.45) is -2.78. The van der Waals surface area contributed by atoms with Crippen LogP contribution in [0.25, 0.3) is 0 Å². The minimum Gasteiger partial charge on any atom is -0.394 e. The molecule has 0 saturated heterocycles. The summed E-state index contributed by atoms with van der Waals surface area (Å²) in [6.45, 7) is 4.14. The third kappa shape index (κ3) is 3.40. The maximum Gasteiger partial charge on any atom is 0.433 e. The van der Waals surface area contributed by atoms with Crippen LogP contribution in [0.3, 0.4) is 0 Å². The molecule has 10 heteroatoms. The topological polar surface area (TPSA) is 83.3 Å². The Labute approximate surface area is 165 Å². The highest BCUT2D eigenvalue weighted by molar-refractivity contribution is 5.95. The molecule has 1 unspecified atom stereocenters. The second-order valence-electron chi connectivity index (χ2n) is 7.65. The van der Waals surface area contributed by atoms with E-state index in [1.54, 1.807) is 11.6 Å². The van der Waals surface area contributed by atoms with Gasteiger partial charge in [-0.3, -0.25) is 14.5 Å². The largest absolute Gasteiger partial charge is 0.433 e. The van der Waals surface area contributed by atoms with E-state index in [1.165, 1.54) is 11.0 Å². The van der Waals surface area contributed by atoms with E-state index in [1.807, 2.05) is 6.92 Å². The average Bonchev–Trinajstić information content (AvgIpc) is 3.06. The van der Waals surface area contributed by atoms with Gasteiger partial charge in [-0.15, -0.1) is 0 Å². The Bertz CT molecular complexity index is 942. The minimum absolute atomic E-state index is 0.163. The van der Waals surface area contributed by atoms with Crippen LogP contribution in [0.15, 0.2) is 18.3 Å². The van der Waals surface area contributed by atoms with Gasteiger partial charge in [0.25, 0.3) is 5.91 Å². The van der Waals surface area contributed by atoms with Gasteiger partial charge in [0.1, 0.15) is 11.4 Å². The normalized spacial score (nSPS) is 23.0. The van der Waals surface area contributed by atoms with Crippen LogP contribution in [0, 0.1) is 0 Å². The molecule has 4 heterocycles. The number of aliphatic hydroxyl groups is 1. The molecule has 2 N–H and O–H groups in total. The molecule has 0 spiro atoms. The molecule has 2 aliphatic rings. The lowest BCUT2D eigenvalue weighted by Crippen LogP contribution is -2.46. The number of carbonyl (C=O) groups excluding carboxylic acids is 1. The molecular weight excluding hydrogens is 387 g/mol. The quantitative estimate of drug-likeness (QED) is 0.811. The monoisotopic (exact) mass is 409 g/mol. The maximum absolute atomic E-state index is 13.3. The van der Waals surface area contributed by atoms with Crippen LogP contribution in [-0.4, -0.2) is 49.9 Å². The van der Waals surface area contributed by atoms with E-state index in [0.717, 1.165) is 23.5 Å². The lowest BCUT2D eigenvalue weighted by Gasteiger charge is -2.37. The number of rotatable bonds is 3. The van der Waals surface area contributed by atoms with Gasteiger partial charge >= 0.3 is 6.18 Å². The maximum atomic E-state index is 13.3. The van der Waals surface area contributed by atoms with Crippen molar-refractivity contribution in [1.29, 1.82) is 0 Å². The number of fused-ring (bicyclic) bond motifs is 3. The summed E-state index contributed by atoms with van der Waals surface area (Å²) in [4.78, 5) is 18.2. The number of amides is 1. The number of alkyl halides is 3. The van der Waals surface area contributed by atoms with Crippen molar-refractivity contribution in [2.75, 3.05) is 13.2 Å². The van der Waals surface area contributed by atoms with Crippen molar-refractivity contribution >= 4 is 5.91 Å². The van der Waals surface area contributed by atoms with E-state index in [4.69, 9.17) is 0 Å². The van der Waals surface area contributed by atoms with E-state index in [-0.39, 0.29) is 25.1 Å². The minimum atomic E-state index is -4.56. The third-order valence-electron chi connectivity index (χ3n) is 5.67. The molecule has 156 valence electrons. The van der Waals surface area contributed by atoms with Gasteiger partial charge in [0.15, 0.2) is 0 Å². The van der Waals surface area contributed by atoms with Crippen LogP contribution in [0.5, 0.6) is 0 Å². The molecule has 7 nitrogen and oxygen atoms in total. The molecule has 0 saturated carbocycles. The van der Waals surface area contributed by atoms with Crippen molar-refractivity contribution in [2.45, 2.75) is 51.1 Å². The Morgan fingerprint density at radius 2 is 2.17 bits per heavy atom. The third-order valence-corrected chi connectivity index (χ3v) is 5.67. The van der Waals surface area contributed by atoms with Gasteiger partial charge in [0.2, 0.25) is 0 Å². The van der Waals surface area contributed by atoms with Gasteiger partial charge < -0.3 is 15.3 Å². The molecule has 0 fully saturated rings. The van der Waals surface area contributed by atoms with Crippen molar-refractivity contribution < 1.29 is 23.1 Å². The van der Waals surface area contributed by atoms with Crippen molar-refractivity contribution in [2.24, 2.45) is 0 Å². The van der Waals surface area contributed by atoms with Crippen LogP contribution < -0.4 is 5.32 Å². The number of hydrogen-bond acceptors (Lipinski definition) is 5. The number of aromatic nitrogens is 3. The first-order valence-corrected chi connectivity index (χ1v) is 9.49. The molecular formula is C19H22F3N5O2. The number of nitrogens with zero attached hydrogens (tertiary/aromatic N) is 4. The van der Waals surface area contributed by atoms with Gasteiger partial charge in [-0.05, 0) is 31.5 Å². The zero-order valence-corrected chi connectivity index (χ0v) is 16.1. The van der Waals surface area contributed by atoms with Crippen LogP contribution in [0.1, 0.15) is 58.9 Å². The zero-order valence-electron chi connectivity index (χ0n) is 16.1. The molecule has 0 aliphatic carbocycles. The Morgan fingerprint density at radius 3 is 2.86 bits per heavy atom. The first-order chi connectivity index (χ1) is 13.7. The molecule has 3 atom stereocenters. The fraction of sp³-hybridized carbons (Fsp3) is 0.526. The molecule has 0 radical (unpaired) electrons. The fourth-order valence-corrected chi connectivity index (χ4v) is 4.03. The van der Waals surface area contributed by atoms with Gasteiger partial charge in [-0.2, -0.15) is 18.3 Å². The summed E-state index contributed by atoms with van der Waals surface area (Å²) in [5.41, 5.74) is 1.38. The van der Waals surface area contributed by atoms with Crippen molar-refractivity contribution in [1.82, 2.24) is 25.0 Å². The Hall–Kier alpha value is -2.46. The van der Waals surface area contributed by atoms with E-state index < -0.39 is 24.0 Å². The molecule has 1 amide bonds. The number of aliphatic hydroxyl groups excluding tert-OH is 1. The Morgan fingerprint density at radius 1 is 1.41 bits per heavy atom. The van der Waals surface area contributed by atoms with Crippen LogP contribution in [0.2, 0.25) is 0 Å². The highest BCUT2D eigenvalue weighted by Gasteiger charge is 2.40. The van der Waals surface area contributed by atoms with Gasteiger partial charge in [0.05, 0.1) is 24.4 Å². The summed E-state index contributed by atoms with van der Waals surface area (Å²) in [7, 11) is 0. The van der Waals surface area contributed by atoms with Crippen molar-refractivity contribution in [3.05, 3.63) is 46.5 Å². The lowest BCUT2D eigenvalue weighted by molar-refractivity contribution is -0.141. The van der Waals surface area contributed by atoms with Crippen LogP contribution >= 0.6 is 0 Å². The number of pyridine rings is 1. The molecule has 2 aliphatic heterocycles. The average molecular weight is 409 g/mol. The highest BCUT2D eigenvalue weighted by atomic mass is 19.4. The highest BCUT2D eigenvalue weighted by Crippen LogP contribution is 2.34. The van der Waals surface area contributed by atoms with Crippen molar-refractivity contribution in [3.8, 4) is 0 Å². The lowest BCUT2D eigenvalue weighted by atomic mass is 9.99. The number of carbonyl (C=O) groups is 1.